The van der Waals surface area contributed by atoms with Gasteiger partial charge in [-0.1, -0.05) is 55.5 Å². The Morgan fingerprint density at radius 3 is 2.20 bits per heavy atom. The first kappa shape index (κ1) is 13.3. The average Bonchev–Trinajstić information content (AvgIpc) is 2.86. The van der Waals surface area contributed by atoms with Crippen LogP contribution in [0.4, 0.5) is 5.69 Å². The molecule has 2 aromatic carbocycles. The first-order chi connectivity index (χ1) is 9.81. The summed E-state index contributed by atoms with van der Waals surface area (Å²) in [7, 11) is 0. The van der Waals surface area contributed by atoms with E-state index in [1.54, 1.807) is 11.8 Å². The topological polar surface area (TPSA) is 20.3 Å². The van der Waals surface area contributed by atoms with Gasteiger partial charge in [0.1, 0.15) is 5.37 Å². The third kappa shape index (κ3) is 2.34. The summed E-state index contributed by atoms with van der Waals surface area (Å²) in [6, 6.07) is 20.2. The molecule has 1 fully saturated rings. The number of benzene rings is 2. The predicted molar refractivity (Wildman–Crippen MR) is 84.8 cm³/mol. The molecule has 1 amide bonds. The molecular weight excluding hydrogens is 266 g/mol. The van der Waals surface area contributed by atoms with Crippen LogP contribution in [0.2, 0.25) is 0 Å². The van der Waals surface area contributed by atoms with Crippen molar-refractivity contribution in [3.05, 3.63) is 66.2 Å². The number of carbonyl (C=O) groups is 1. The molecule has 1 aliphatic rings. The smallest absolute Gasteiger partial charge is 0.241 e. The van der Waals surface area contributed by atoms with Gasteiger partial charge in [0.15, 0.2) is 0 Å². The fourth-order valence-corrected chi connectivity index (χ4v) is 3.91. The maximum atomic E-state index is 12.6. The van der Waals surface area contributed by atoms with Crippen LogP contribution in [-0.2, 0) is 4.79 Å². The van der Waals surface area contributed by atoms with Crippen LogP contribution in [0.25, 0.3) is 0 Å². The van der Waals surface area contributed by atoms with Gasteiger partial charge >= 0.3 is 0 Å². The molecule has 3 rings (SSSR count). The summed E-state index contributed by atoms with van der Waals surface area (Å²) in [6.07, 6.45) is 0.871. The van der Waals surface area contributed by atoms with E-state index in [1.165, 1.54) is 5.56 Å². The molecule has 2 nitrogen and oxygen atoms in total. The van der Waals surface area contributed by atoms with E-state index in [9.17, 15) is 4.79 Å². The van der Waals surface area contributed by atoms with Crippen molar-refractivity contribution in [1.82, 2.24) is 0 Å². The first-order valence-electron chi connectivity index (χ1n) is 6.90. The van der Waals surface area contributed by atoms with Gasteiger partial charge < -0.3 is 0 Å². The van der Waals surface area contributed by atoms with Gasteiger partial charge in [-0.2, -0.15) is 0 Å². The number of para-hydroxylation sites is 1. The van der Waals surface area contributed by atoms with Crippen molar-refractivity contribution in [2.75, 3.05) is 4.90 Å². The molecule has 0 aromatic heterocycles. The van der Waals surface area contributed by atoms with Gasteiger partial charge in [-0.05, 0) is 24.1 Å². The molecule has 1 saturated heterocycles. The molecular formula is C17H17NOS. The largest absolute Gasteiger partial charge is 0.295 e. The molecule has 0 aliphatic carbocycles. The number of nitrogens with zero attached hydrogens (tertiary/aromatic N) is 1. The van der Waals surface area contributed by atoms with Crippen molar-refractivity contribution in [2.45, 2.75) is 24.0 Å². The highest BCUT2D eigenvalue weighted by molar-refractivity contribution is 8.01. The molecule has 0 bridgehead atoms. The molecule has 102 valence electrons. The Labute approximate surface area is 123 Å². The van der Waals surface area contributed by atoms with Gasteiger partial charge in [-0.15, -0.1) is 11.8 Å². The number of hydrogen-bond acceptors (Lipinski definition) is 2. The molecule has 20 heavy (non-hydrogen) atoms. The minimum absolute atomic E-state index is 0.0559. The SMILES string of the molecule is CCC1SC(c2ccccc2)N(c2ccccc2)C1=O. The fourth-order valence-electron chi connectivity index (χ4n) is 2.51. The zero-order valence-corrected chi connectivity index (χ0v) is 12.2. The van der Waals surface area contributed by atoms with Crippen LogP contribution < -0.4 is 4.90 Å². The van der Waals surface area contributed by atoms with E-state index in [1.807, 2.05) is 53.4 Å². The number of hydrogen-bond donors (Lipinski definition) is 0. The molecule has 0 spiro atoms. The average molecular weight is 283 g/mol. The van der Waals surface area contributed by atoms with Crippen LogP contribution >= 0.6 is 11.8 Å². The lowest BCUT2D eigenvalue weighted by atomic mass is 10.1. The summed E-state index contributed by atoms with van der Waals surface area (Å²) in [4.78, 5) is 14.6. The van der Waals surface area contributed by atoms with Crippen LogP contribution in [-0.4, -0.2) is 11.2 Å². The summed E-state index contributed by atoms with van der Waals surface area (Å²) in [6.45, 7) is 2.08. The molecule has 0 N–H and O–H groups in total. The summed E-state index contributed by atoms with van der Waals surface area (Å²) in [5, 5.41) is 0.136. The Kier molecular flexibility index (Phi) is 3.79. The Hall–Kier alpha value is -1.74. The standard InChI is InChI=1S/C17H17NOS/c1-2-15-16(19)18(14-11-7-4-8-12-14)17(20-15)13-9-5-3-6-10-13/h3-12,15,17H,2H2,1H3. The highest BCUT2D eigenvalue weighted by Gasteiger charge is 2.40. The number of carbonyl (C=O) groups excluding carboxylic acids is 1. The van der Waals surface area contributed by atoms with Gasteiger partial charge in [-0.3, -0.25) is 9.69 Å². The lowest BCUT2D eigenvalue weighted by molar-refractivity contribution is -0.117. The molecule has 1 heterocycles. The first-order valence-corrected chi connectivity index (χ1v) is 7.84. The number of amides is 1. The van der Waals surface area contributed by atoms with Crippen LogP contribution in [0, 0.1) is 0 Å². The van der Waals surface area contributed by atoms with Crippen LogP contribution in [0.15, 0.2) is 60.7 Å². The molecule has 2 atom stereocenters. The van der Waals surface area contributed by atoms with Crippen molar-refractivity contribution >= 4 is 23.4 Å². The lowest BCUT2D eigenvalue weighted by Crippen LogP contribution is -2.30. The summed E-state index contributed by atoms with van der Waals surface area (Å²) in [5.74, 6) is 0.220. The van der Waals surface area contributed by atoms with Crippen LogP contribution in [0.1, 0.15) is 24.3 Å². The second kappa shape index (κ2) is 5.71. The van der Waals surface area contributed by atoms with Crippen molar-refractivity contribution in [1.29, 1.82) is 0 Å². The Morgan fingerprint density at radius 1 is 1.00 bits per heavy atom. The quantitative estimate of drug-likeness (QED) is 0.839. The van der Waals surface area contributed by atoms with E-state index in [-0.39, 0.29) is 16.5 Å². The molecule has 0 radical (unpaired) electrons. The second-order valence-electron chi connectivity index (χ2n) is 4.84. The second-order valence-corrected chi connectivity index (χ2v) is 6.13. The van der Waals surface area contributed by atoms with Gasteiger partial charge in [-0.25, -0.2) is 0 Å². The van der Waals surface area contributed by atoms with E-state index in [4.69, 9.17) is 0 Å². The maximum Gasteiger partial charge on any atom is 0.241 e. The normalized spacial score (nSPS) is 22.2. The van der Waals surface area contributed by atoms with E-state index in [0.717, 1.165) is 12.1 Å². The lowest BCUT2D eigenvalue weighted by Gasteiger charge is -2.24. The van der Waals surface area contributed by atoms with Crippen molar-refractivity contribution in [2.24, 2.45) is 0 Å². The third-order valence-corrected chi connectivity index (χ3v) is 5.13. The minimum Gasteiger partial charge on any atom is -0.295 e. The van der Waals surface area contributed by atoms with Gasteiger partial charge in [0.2, 0.25) is 5.91 Å². The minimum atomic E-state index is 0.0559. The highest BCUT2D eigenvalue weighted by atomic mass is 32.2. The molecule has 0 saturated carbocycles. The zero-order chi connectivity index (χ0) is 13.9. The molecule has 3 heteroatoms. The number of anilines is 1. The van der Waals surface area contributed by atoms with Gasteiger partial charge in [0, 0.05) is 5.69 Å². The highest BCUT2D eigenvalue weighted by Crippen LogP contribution is 2.46. The van der Waals surface area contributed by atoms with E-state index in [0.29, 0.717) is 0 Å². The Balaban J connectivity index is 2.01. The van der Waals surface area contributed by atoms with Crippen molar-refractivity contribution in [3.63, 3.8) is 0 Å². The van der Waals surface area contributed by atoms with Gasteiger partial charge in [0.05, 0.1) is 5.25 Å². The zero-order valence-electron chi connectivity index (χ0n) is 11.4. The molecule has 1 aliphatic heterocycles. The third-order valence-electron chi connectivity index (χ3n) is 3.53. The van der Waals surface area contributed by atoms with Crippen LogP contribution in [0.3, 0.4) is 0 Å². The van der Waals surface area contributed by atoms with E-state index in [2.05, 4.69) is 19.1 Å². The maximum absolute atomic E-state index is 12.6. The van der Waals surface area contributed by atoms with E-state index < -0.39 is 0 Å². The summed E-state index contributed by atoms with van der Waals surface area (Å²) < 4.78 is 0. The Morgan fingerprint density at radius 2 is 1.60 bits per heavy atom. The monoisotopic (exact) mass is 283 g/mol. The van der Waals surface area contributed by atoms with E-state index >= 15 is 0 Å². The van der Waals surface area contributed by atoms with Crippen molar-refractivity contribution in [3.8, 4) is 0 Å². The van der Waals surface area contributed by atoms with Crippen LogP contribution in [0.5, 0.6) is 0 Å². The predicted octanol–water partition coefficient (Wildman–Crippen LogP) is 4.24. The summed E-state index contributed by atoms with van der Waals surface area (Å²) >= 11 is 1.75. The number of thioether (sulfide) groups is 1. The van der Waals surface area contributed by atoms with Crippen molar-refractivity contribution < 1.29 is 4.79 Å². The molecule has 2 unspecified atom stereocenters. The summed E-state index contributed by atoms with van der Waals surface area (Å²) in [5.41, 5.74) is 2.17. The van der Waals surface area contributed by atoms with Gasteiger partial charge in [0.25, 0.3) is 0 Å². The Bertz CT molecular complexity index is 584. The number of rotatable bonds is 3. The fraction of sp³-hybridized carbons (Fsp3) is 0.235. The molecule has 2 aromatic rings.